The Labute approximate surface area is 116 Å². The molecular weight excluding hydrogens is 264 g/mol. The molecule has 0 bridgehead atoms. The second-order valence-electron chi connectivity index (χ2n) is 5.94. The fourth-order valence-corrected chi connectivity index (χ4v) is 4.66. The fraction of sp³-hybridized carbons (Fsp3) is 1.00. The number of fused-ring (bicyclic) bond motifs is 1. The Balaban J connectivity index is 2.05. The van der Waals surface area contributed by atoms with E-state index >= 15 is 0 Å². The molecule has 0 amide bonds. The number of hydrogen-bond donors (Lipinski definition) is 1. The van der Waals surface area contributed by atoms with E-state index in [0.29, 0.717) is 25.7 Å². The van der Waals surface area contributed by atoms with Gasteiger partial charge in [0.1, 0.15) is 0 Å². The van der Waals surface area contributed by atoms with Crippen LogP contribution in [0.15, 0.2) is 0 Å². The highest BCUT2D eigenvalue weighted by Crippen LogP contribution is 2.32. The Morgan fingerprint density at radius 2 is 2.05 bits per heavy atom. The summed E-state index contributed by atoms with van der Waals surface area (Å²) in [7, 11) is -3.22. The maximum Gasteiger partial charge on any atom is 0.218 e. The maximum atomic E-state index is 12.7. The van der Waals surface area contributed by atoms with Crippen LogP contribution >= 0.6 is 0 Å². The van der Waals surface area contributed by atoms with Crippen LogP contribution in [-0.4, -0.2) is 55.9 Å². The Bertz CT molecular complexity index is 397. The van der Waals surface area contributed by atoms with Gasteiger partial charge in [0.25, 0.3) is 0 Å². The third-order valence-electron chi connectivity index (χ3n) is 4.08. The lowest BCUT2D eigenvalue weighted by Crippen LogP contribution is -2.54. The average Bonchev–Trinajstić information content (AvgIpc) is 2.83. The molecule has 0 spiro atoms. The predicted molar refractivity (Wildman–Crippen MR) is 75.6 cm³/mol. The first-order chi connectivity index (χ1) is 8.93. The van der Waals surface area contributed by atoms with Gasteiger partial charge in [0.2, 0.25) is 10.0 Å². The second-order valence-corrected chi connectivity index (χ2v) is 8.24. The van der Waals surface area contributed by atoms with Gasteiger partial charge in [-0.25, -0.2) is 8.42 Å². The molecule has 1 aliphatic heterocycles. The number of hydrogen-bond acceptors (Lipinski definition) is 4. The molecule has 0 aromatic heterocycles. The van der Waals surface area contributed by atoms with Crippen molar-refractivity contribution in [2.24, 2.45) is 0 Å². The van der Waals surface area contributed by atoms with Gasteiger partial charge in [-0.1, -0.05) is 13.8 Å². The Morgan fingerprint density at radius 3 is 2.74 bits per heavy atom. The summed E-state index contributed by atoms with van der Waals surface area (Å²) in [5.74, 6) is 0. The van der Waals surface area contributed by atoms with Crippen LogP contribution in [0.4, 0.5) is 0 Å². The molecule has 1 heterocycles. The zero-order chi connectivity index (χ0) is 14.0. The molecular formula is C13H26N2O3S. The standard InChI is InChI=1S/C13H26N2O3S/c1-10(2)14-9-11(3)19(16,17)15-7-8-18-13-6-4-5-12(13)15/h10-14H,4-9H2,1-3H3. The lowest BCUT2D eigenvalue weighted by atomic mass is 10.2. The topological polar surface area (TPSA) is 58.6 Å². The summed E-state index contributed by atoms with van der Waals surface area (Å²) in [4.78, 5) is 0. The summed E-state index contributed by atoms with van der Waals surface area (Å²) < 4.78 is 32.7. The Hall–Kier alpha value is -0.170. The molecule has 2 rings (SSSR count). The van der Waals surface area contributed by atoms with E-state index in [4.69, 9.17) is 4.74 Å². The van der Waals surface area contributed by atoms with Crippen molar-refractivity contribution in [1.29, 1.82) is 0 Å². The molecule has 19 heavy (non-hydrogen) atoms. The monoisotopic (exact) mass is 290 g/mol. The lowest BCUT2D eigenvalue weighted by molar-refractivity contribution is -0.0244. The van der Waals surface area contributed by atoms with Crippen molar-refractivity contribution in [1.82, 2.24) is 9.62 Å². The first-order valence-corrected chi connectivity index (χ1v) is 8.79. The van der Waals surface area contributed by atoms with Crippen molar-refractivity contribution in [2.45, 2.75) is 63.5 Å². The van der Waals surface area contributed by atoms with Gasteiger partial charge in [0.05, 0.1) is 24.0 Å². The van der Waals surface area contributed by atoms with E-state index < -0.39 is 10.0 Å². The van der Waals surface area contributed by atoms with Crippen LogP contribution in [-0.2, 0) is 14.8 Å². The average molecular weight is 290 g/mol. The van der Waals surface area contributed by atoms with Crippen LogP contribution in [0.2, 0.25) is 0 Å². The molecule has 0 aromatic carbocycles. The molecule has 2 fully saturated rings. The second kappa shape index (κ2) is 6.08. The number of rotatable bonds is 5. The molecule has 5 nitrogen and oxygen atoms in total. The lowest BCUT2D eigenvalue weighted by Gasteiger charge is -2.38. The zero-order valence-corrected chi connectivity index (χ0v) is 12.9. The molecule has 1 saturated carbocycles. The van der Waals surface area contributed by atoms with Gasteiger partial charge in [-0.3, -0.25) is 0 Å². The molecule has 6 heteroatoms. The number of nitrogens with one attached hydrogen (secondary N) is 1. The molecule has 1 N–H and O–H groups in total. The molecule has 0 radical (unpaired) electrons. The quantitative estimate of drug-likeness (QED) is 0.819. The van der Waals surface area contributed by atoms with Gasteiger partial charge < -0.3 is 10.1 Å². The van der Waals surface area contributed by atoms with Crippen molar-refractivity contribution in [3.05, 3.63) is 0 Å². The Morgan fingerprint density at radius 1 is 1.32 bits per heavy atom. The molecule has 2 aliphatic rings. The number of nitrogens with zero attached hydrogens (tertiary/aromatic N) is 1. The van der Waals surface area contributed by atoms with Crippen molar-refractivity contribution in [3.63, 3.8) is 0 Å². The fourth-order valence-electron chi connectivity index (χ4n) is 2.94. The predicted octanol–water partition coefficient (Wildman–Crippen LogP) is 0.956. The van der Waals surface area contributed by atoms with Crippen LogP contribution in [0.1, 0.15) is 40.0 Å². The van der Waals surface area contributed by atoms with Gasteiger partial charge in [-0.05, 0) is 26.2 Å². The van der Waals surface area contributed by atoms with Crippen LogP contribution in [0, 0.1) is 0 Å². The highest BCUT2D eigenvalue weighted by molar-refractivity contribution is 7.89. The van der Waals surface area contributed by atoms with Crippen molar-refractivity contribution >= 4 is 10.0 Å². The smallest absolute Gasteiger partial charge is 0.218 e. The Kier molecular flexibility index (Phi) is 4.87. The van der Waals surface area contributed by atoms with E-state index in [1.807, 2.05) is 13.8 Å². The first-order valence-electron chi connectivity index (χ1n) is 7.28. The normalized spacial score (nSPS) is 30.5. The number of sulfonamides is 1. The summed E-state index contributed by atoms with van der Waals surface area (Å²) in [6.07, 6.45) is 3.12. The summed E-state index contributed by atoms with van der Waals surface area (Å²) in [6.45, 7) is 7.40. The van der Waals surface area contributed by atoms with E-state index in [1.165, 1.54) is 0 Å². The highest BCUT2D eigenvalue weighted by Gasteiger charge is 2.43. The largest absolute Gasteiger partial charge is 0.375 e. The van der Waals surface area contributed by atoms with Crippen LogP contribution < -0.4 is 5.32 Å². The summed E-state index contributed by atoms with van der Waals surface area (Å²) in [5, 5.41) is 2.83. The van der Waals surface area contributed by atoms with Gasteiger partial charge in [-0.15, -0.1) is 0 Å². The van der Waals surface area contributed by atoms with Gasteiger partial charge >= 0.3 is 0 Å². The molecule has 1 aliphatic carbocycles. The molecule has 1 saturated heterocycles. The third kappa shape index (κ3) is 3.29. The first kappa shape index (κ1) is 15.2. The molecule has 0 aromatic rings. The molecule has 112 valence electrons. The minimum absolute atomic E-state index is 0.0697. The van der Waals surface area contributed by atoms with E-state index in [9.17, 15) is 8.42 Å². The highest BCUT2D eigenvalue weighted by atomic mass is 32.2. The van der Waals surface area contributed by atoms with E-state index in [0.717, 1.165) is 19.3 Å². The van der Waals surface area contributed by atoms with Gasteiger partial charge in [0, 0.05) is 19.1 Å². The third-order valence-corrected chi connectivity index (χ3v) is 6.37. The summed E-state index contributed by atoms with van der Waals surface area (Å²) in [6, 6.07) is 0.377. The number of morpholine rings is 1. The van der Waals surface area contributed by atoms with Crippen molar-refractivity contribution in [3.8, 4) is 0 Å². The van der Waals surface area contributed by atoms with Crippen LogP contribution in [0.25, 0.3) is 0 Å². The summed E-state index contributed by atoms with van der Waals surface area (Å²) in [5.41, 5.74) is 0. The minimum Gasteiger partial charge on any atom is -0.375 e. The molecule has 3 atom stereocenters. The zero-order valence-electron chi connectivity index (χ0n) is 12.1. The van der Waals surface area contributed by atoms with Gasteiger partial charge in [-0.2, -0.15) is 4.31 Å². The van der Waals surface area contributed by atoms with E-state index in [2.05, 4.69) is 5.32 Å². The van der Waals surface area contributed by atoms with Crippen molar-refractivity contribution < 1.29 is 13.2 Å². The summed E-state index contributed by atoms with van der Waals surface area (Å²) >= 11 is 0. The van der Waals surface area contributed by atoms with E-state index in [1.54, 1.807) is 11.2 Å². The van der Waals surface area contributed by atoms with E-state index in [-0.39, 0.29) is 17.4 Å². The van der Waals surface area contributed by atoms with Crippen LogP contribution in [0.5, 0.6) is 0 Å². The molecule has 3 unspecified atom stereocenters. The van der Waals surface area contributed by atoms with Gasteiger partial charge in [0.15, 0.2) is 0 Å². The maximum absolute atomic E-state index is 12.7. The number of ether oxygens (including phenoxy) is 1. The SMILES string of the molecule is CC(C)NCC(C)S(=O)(=O)N1CCOC2CCCC21. The van der Waals surface area contributed by atoms with Crippen molar-refractivity contribution in [2.75, 3.05) is 19.7 Å². The minimum atomic E-state index is -3.22. The van der Waals surface area contributed by atoms with Crippen LogP contribution in [0.3, 0.4) is 0 Å².